The van der Waals surface area contributed by atoms with E-state index in [9.17, 15) is 17.6 Å². The predicted molar refractivity (Wildman–Crippen MR) is 70.3 cm³/mol. The van der Waals surface area contributed by atoms with Gasteiger partial charge in [-0.2, -0.15) is 4.31 Å². The van der Waals surface area contributed by atoms with E-state index in [4.69, 9.17) is 0 Å². The highest BCUT2D eigenvalue weighted by atomic mass is 32.2. The van der Waals surface area contributed by atoms with E-state index >= 15 is 0 Å². The Balaban J connectivity index is 2.75. The van der Waals surface area contributed by atoms with E-state index in [0.29, 0.717) is 5.56 Å². The second-order valence-corrected chi connectivity index (χ2v) is 6.50. The first-order valence-electron chi connectivity index (χ1n) is 5.61. The van der Waals surface area contributed by atoms with E-state index in [1.54, 1.807) is 14.1 Å². The van der Waals surface area contributed by atoms with Crippen LogP contribution in [0.1, 0.15) is 5.56 Å². The zero-order valence-corrected chi connectivity index (χ0v) is 11.9. The number of amides is 1. The van der Waals surface area contributed by atoms with Gasteiger partial charge in [-0.1, -0.05) is 12.1 Å². The van der Waals surface area contributed by atoms with E-state index in [1.165, 1.54) is 36.2 Å². The van der Waals surface area contributed by atoms with E-state index < -0.39 is 15.8 Å². The van der Waals surface area contributed by atoms with Crippen molar-refractivity contribution in [3.05, 3.63) is 35.6 Å². The molecule has 1 aromatic carbocycles. The van der Waals surface area contributed by atoms with Crippen molar-refractivity contribution in [2.75, 3.05) is 27.7 Å². The van der Waals surface area contributed by atoms with Crippen LogP contribution in [0.3, 0.4) is 0 Å². The van der Waals surface area contributed by atoms with Gasteiger partial charge in [-0.05, 0) is 17.7 Å². The van der Waals surface area contributed by atoms with Gasteiger partial charge < -0.3 is 4.90 Å². The van der Waals surface area contributed by atoms with E-state index in [0.717, 1.165) is 4.31 Å². The fourth-order valence-electron chi connectivity index (χ4n) is 1.33. The maximum absolute atomic E-state index is 12.7. The molecule has 1 aromatic rings. The summed E-state index contributed by atoms with van der Waals surface area (Å²) >= 11 is 0. The molecule has 19 heavy (non-hydrogen) atoms. The van der Waals surface area contributed by atoms with Crippen molar-refractivity contribution in [2.24, 2.45) is 0 Å². The van der Waals surface area contributed by atoms with E-state index in [-0.39, 0.29) is 18.2 Å². The largest absolute Gasteiger partial charge is 0.348 e. The van der Waals surface area contributed by atoms with Crippen molar-refractivity contribution in [1.82, 2.24) is 9.21 Å². The van der Waals surface area contributed by atoms with Gasteiger partial charge in [-0.3, -0.25) is 4.79 Å². The van der Waals surface area contributed by atoms with Crippen LogP contribution < -0.4 is 0 Å². The Bertz CT molecular complexity index is 541. The topological polar surface area (TPSA) is 57.7 Å². The Kier molecular flexibility index (Phi) is 5.02. The lowest BCUT2D eigenvalue weighted by atomic mass is 10.2. The van der Waals surface area contributed by atoms with Crippen molar-refractivity contribution >= 4 is 15.9 Å². The van der Waals surface area contributed by atoms with Gasteiger partial charge in [0.25, 0.3) is 0 Å². The van der Waals surface area contributed by atoms with Crippen LogP contribution in [0, 0.1) is 5.82 Å². The summed E-state index contributed by atoms with van der Waals surface area (Å²) in [5.41, 5.74) is 0.477. The van der Waals surface area contributed by atoms with E-state index in [1.807, 2.05) is 0 Å². The number of hydrogen-bond acceptors (Lipinski definition) is 3. The molecule has 0 saturated heterocycles. The minimum Gasteiger partial charge on any atom is -0.348 e. The van der Waals surface area contributed by atoms with Gasteiger partial charge in [0.05, 0.1) is 12.3 Å². The van der Waals surface area contributed by atoms with Crippen LogP contribution in [0.15, 0.2) is 24.3 Å². The van der Waals surface area contributed by atoms with Crippen molar-refractivity contribution in [1.29, 1.82) is 0 Å². The van der Waals surface area contributed by atoms with Crippen LogP contribution >= 0.6 is 0 Å². The first kappa shape index (κ1) is 15.6. The molecule has 0 spiro atoms. The molecule has 7 heteroatoms. The van der Waals surface area contributed by atoms with Crippen LogP contribution in [0.5, 0.6) is 0 Å². The predicted octanol–water partition coefficient (Wildman–Crippen LogP) is 0.676. The number of hydrogen-bond donors (Lipinski definition) is 0. The molecular formula is C12H17FN2O3S. The molecule has 0 saturated carbocycles. The molecule has 106 valence electrons. The third-order valence-electron chi connectivity index (χ3n) is 2.59. The molecular weight excluding hydrogens is 271 g/mol. The fraction of sp³-hybridized carbons (Fsp3) is 0.417. The quantitative estimate of drug-likeness (QED) is 0.800. The molecule has 0 bridgehead atoms. The molecule has 1 amide bonds. The molecule has 0 fully saturated rings. The SMILES string of the molecule is CN(C)C(=O)CN(C)S(=O)(=O)Cc1ccc(F)cc1. The van der Waals surface area contributed by atoms with Crippen LogP contribution in [0.25, 0.3) is 0 Å². The van der Waals surface area contributed by atoms with Crippen LogP contribution in [0.4, 0.5) is 4.39 Å². The maximum Gasteiger partial charge on any atom is 0.237 e. The summed E-state index contributed by atoms with van der Waals surface area (Å²) in [6, 6.07) is 5.23. The van der Waals surface area contributed by atoms with Gasteiger partial charge in [-0.25, -0.2) is 12.8 Å². The first-order chi connectivity index (χ1) is 8.72. The first-order valence-corrected chi connectivity index (χ1v) is 7.22. The van der Waals surface area contributed by atoms with Gasteiger partial charge in [0.15, 0.2) is 0 Å². The Morgan fingerprint density at radius 1 is 1.16 bits per heavy atom. The molecule has 0 atom stereocenters. The van der Waals surface area contributed by atoms with Gasteiger partial charge in [-0.15, -0.1) is 0 Å². The van der Waals surface area contributed by atoms with Gasteiger partial charge in [0, 0.05) is 21.1 Å². The van der Waals surface area contributed by atoms with E-state index in [2.05, 4.69) is 0 Å². The Morgan fingerprint density at radius 3 is 2.16 bits per heavy atom. The third kappa shape index (κ3) is 4.60. The second kappa shape index (κ2) is 6.12. The van der Waals surface area contributed by atoms with Gasteiger partial charge in [0.1, 0.15) is 5.82 Å². The standard InChI is InChI=1S/C12H17FN2O3S/c1-14(2)12(16)8-15(3)19(17,18)9-10-4-6-11(13)7-5-10/h4-7H,8-9H2,1-3H3. The number of carbonyl (C=O) groups excluding carboxylic acids is 1. The Morgan fingerprint density at radius 2 is 1.68 bits per heavy atom. The van der Waals surface area contributed by atoms with Crippen molar-refractivity contribution in [3.63, 3.8) is 0 Å². The second-order valence-electron chi connectivity index (χ2n) is 4.43. The molecule has 0 N–H and O–H groups in total. The lowest BCUT2D eigenvalue weighted by Crippen LogP contribution is -2.38. The number of sulfonamides is 1. The highest BCUT2D eigenvalue weighted by molar-refractivity contribution is 7.88. The van der Waals surface area contributed by atoms with Crippen molar-refractivity contribution in [3.8, 4) is 0 Å². The third-order valence-corrected chi connectivity index (χ3v) is 4.37. The zero-order valence-electron chi connectivity index (χ0n) is 11.1. The van der Waals surface area contributed by atoms with Crippen LogP contribution in [-0.4, -0.2) is 51.2 Å². The minimum absolute atomic E-state index is 0.212. The van der Waals surface area contributed by atoms with Crippen LogP contribution in [-0.2, 0) is 20.6 Å². The molecule has 0 heterocycles. The molecule has 0 aliphatic carbocycles. The molecule has 5 nitrogen and oxygen atoms in total. The number of halogens is 1. The lowest BCUT2D eigenvalue weighted by Gasteiger charge is -2.19. The number of carbonyl (C=O) groups is 1. The molecule has 1 rings (SSSR count). The highest BCUT2D eigenvalue weighted by Crippen LogP contribution is 2.10. The maximum atomic E-state index is 12.7. The highest BCUT2D eigenvalue weighted by Gasteiger charge is 2.21. The summed E-state index contributed by atoms with van der Waals surface area (Å²) < 4.78 is 37.7. The minimum atomic E-state index is -3.59. The van der Waals surface area contributed by atoms with Crippen molar-refractivity contribution in [2.45, 2.75) is 5.75 Å². The lowest BCUT2D eigenvalue weighted by molar-refractivity contribution is -0.128. The molecule has 0 radical (unpaired) electrons. The average Bonchev–Trinajstić information content (AvgIpc) is 2.31. The van der Waals surface area contributed by atoms with Gasteiger partial charge in [0.2, 0.25) is 15.9 Å². The Hall–Kier alpha value is -1.47. The molecule has 0 aliphatic rings. The summed E-state index contributed by atoms with van der Waals surface area (Å²) in [6.45, 7) is -0.212. The normalized spacial score (nSPS) is 11.6. The summed E-state index contributed by atoms with van der Waals surface area (Å²) in [5.74, 6) is -0.979. The van der Waals surface area contributed by atoms with Crippen molar-refractivity contribution < 1.29 is 17.6 Å². The molecule has 0 aliphatic heterocycles. The number of nitrogens with zero attached hydrogens (tertiary/aromatic N) is 2. The fourth-order valence-corrected chi connectivity index (χ4v) is 2.47. The Labute approximate surface area is 112 Å². The monoisotopic (exact) mass is 288 g/mol. The zero-order chi connectivity index (χ0) is 14.6. The van der Waals surface area contributed by atoms with Crippen LogP contribution in [0.2, 0.25) is 0 Å². The molecule has 0 unspecified atom stereocenters. The number of likely N-dealkylation sites (N-methyl/N-ethyl adjacent to an activating group) is 2. The summed E-state index contributed by atoms with van der Waals surface area (Å²) in [4.78, 5) is 12.8. The smallest absolute Gasteiger partial charge is 0.237 e. The molecule has 0 aromatic heterocycles. The summed E-state index contributed by atoms with van der Waals surface area (Å²) in [7, 11) is 0.873. The number of rotatable bonds is 5. The summed E-state index contributed by atoms with van der Waals surface area (Å²) in [5, 5.41) is 0. The van der Waals surface area contributed by atoms with Gasteiger partial charge >= 0.3 is 0 Å². The number of benzene rings is 1. The summed E-state index contributed by atoms with van der Waals surface area (Å²) in [6.07, 6.45) is 0. The average molecular weight is 288 g/mol.